The lowest BCUT2D eigenvalue weighted by atomic mass is 9.84. The Kier molecular flexibility index (Phi) is 3.29. The van der Waals surface area contributed by atoms with Gasteiger partial charge < -0.3 is 11.1 Å². The molecule has 3 heteroatoms. The van der Waals surface area contributed by atoms with E-state index < -0.39 is 0 Å². The van der Waals surface area contributed by atoms with Gasteiger partial charge in [-0.2, -0.15) is 0 Å². The molecule has 4 unspecified atom stereocenters. The van der Waals surface area contributed by atoms with E-state index >= 15 is 0 Å². The molecule has 2 aliphatic carbocycles. The van der Waals surface area contributed by atoms with Crippen LogP contribution in [0.2, 0.25) is 0 Å². The monoisotopic (exact) mass is 210 g/mol. The molecule has 0 aromatic heterocycles. The standard InChI is InChI=1S/C12H22N2O/c1-8(14-12(15)4-5-13)11-7-9-2-3-10(11)6-9/h8-11H,2-7,13H2,1H3,(H,14,15). The first kappa shape index (κ1) is 10.9. The maximum atomic E-state index is 11.4. The van der Waals surface area contributed by atoms with Crippen LogP contribution in [0.5, 0.6) is 0 Å². The molecule has 2 fully saturated rings. The van der Waals surface area contributed by atoms with Crippen molar-refractivity contribution in [3.8, 4) is 0 Å². The maximum Gasteiger partial charge on any atom is 0.221 e. The van der Waals surface area contributed by atoms with Crippen LogP contribution in [0.4, 0.5) is 0 Å². The third-order valence-corrected chi connectivity index (χ3v) is 4.20. The smallest absolute Gasteiger partial charge is 0.221 e. The molecule has 0 spiro atoms. The van der Waals surface area contributed by atoms with Gasteiger partial charge in [-0.1, -0.05) is 6.42 Å². The van der Waals surface area contributed by atoms with Crippen LogP contribution in [-0.2, 0) is 4.79 Å². The summed E-state index contributed by atoms with van der Waals surface area (Å²) >= 11 is 0. The maximum absolute atomic E-state index is 11.4. The molecule has 1 amide bonds. The van der Waals surface area contributed by atoms with Gasteiger partial charge in [-0.25, -0.2) is 0 Å². The molecule has 4 atom stereocenters. The molecule has 2 rings (SSSR count). The summed E-state index contributed by atoms with van der Waals surface area (Å²) < 4.78 is 0. The molecule has 0 radical (unpaired) electrons. The molecule has 2 bridgehead atoms. The summed E-state index contributed by atoms with van der Waals surface area (Å²) in [5.41, 5.74) is 5.36. The molecule has 0 aromatic carbocycles. The van der Waals surface area contributed by atoms with Crippen LogP contribution < -0.4 is 11.1 Å². The number of nitrogens with one attached hydrogen (secondary N) is 1. The van der Waals surface area contributed by atoms with Crippen LogP contribution in [0, 0.1) is 17.8 Å². The average Bonchev–Trinajstić information content (AvgIpc) is 2.78. The summed E-state index contributed by atoms with van der Waals surface area (Å²) in [6, 6.07) is 0.347. The van der Waals surface area contributed by atoms with Crippen LogP contribution >= 0.6 is 0 Å². The summed E-state index contributed by atoms with van der Waals surface area (Å²) in [4.78, 5) is 11.4. The molecular weight excluding hydrogens is 188 g/mol. The second kappa shape index (κ2) is 4.52. The van der Waals surface area contributed by atoms with E-state index in [-0.39, 0.29) is 5.91 Å². The van der Waals surface area contributed by atoms with Gasteiger partial charge in [0.05, 0.1) is 0 Å². The second-order valence-corrected chi connectivity index (χ2v) is 5.23. The molecule has 3 N–H and O–H groups in total. The quantitative estimate of drug-likeness (QED) is 0.734. The topological polar surface area (TPSA) is 55.1 Å². The van der Waals surface area contributed by atoms with E-state index in [0.29, 0.717) is 19.0 Å². The highest BCUT2D eigenvalue weighted by atomic mass is 16.1. The number of hydrogen-bond acceptors (Lipinski definition) is 2. The fraction of sp³-hybridized carbons (Fsp3) is 0.917. The Labute approximate surface area is 91.8 Å². The number of fused-ring (bicyclic) bond motifs is 2. The minimum absolute atomic E-state index is 0.118. The third-order valence-electron chi connectivity index (χ3n) is 4.20. The molecule has 15 heavy (non-hydrogen) atoms. The van der Waals surface area contributed by atoms with E-state index in [1.165, 1.54) is 25.7 Å². The average molecular weight is 210 g/mol. The molecule has 0 aromatic rings. The first-order valence-electron chi connectivity index (χ1n) is 6.20. The molecule has 2 saturated carbocycles. The first-order valence-corrected chi connectivity index (χ1v) is 6.20. The van der Waals surface area contributed by atoms with Crippen molar-refractivity contribution in [3.05, 3.63) is 0 Å². The zero-order chi connectivity index (χ0) is 10.8. The molecule has 0 saturated heterocycles. The second-order valence-electron chi connectivity index (χ2n) is 5.23. The Hall–Kier alpha value is -0.570. The third kappa shape index (κ3) is 2.33. The Morgan fingerprint density at radius 1 is 1.47 bits per heavy atom. The lowest BCUT2D eigenvalue weighted by Gasteiger charge is -2.28. The Bertz CT molecular complexity index is 242. The van der Waals surface area contributed by atoms with Crippen molar-refractivity contribution in [1.29, 1.82) is 0 Å². The summed E-state index contributed by atoms with van der Waals surface area (Å²) in [5.74, 6) is 2.68. The summed E-state index contributed by atoms with van der Waals surface area (Å²) in [6.07, 6.45) is 6.00. The molecule has 0 heterocycles. The van der Waals surface area contributed by atoms with E-state index in [1.54, 1.807) is 0 Å². The largest absolute Gasteiger partial charge is 0.353 e. The van der Waals surface area contributed by atoms with Crippen molar-refractivity contribution in [2.45, 2.75) is 45.1 Å². The van der Waals surface area contributed by atoms with Gasteiger partial charge in [0.25, 0.3) is 0 Å². The van der Waals surface area contributed by atoms with E-state index in [2.05, 4.69) is 12.2 Å². The molecule has 0 aliphatic heterocycles. The molecule has 3 nitrogen and oxygen atoms in total. The van der Waals surface area contributed by atoms with E-state index in [9.17, 15) is 4.79 Å². The van der Waals surface area contributed by atoms with Crippen LogP contribution in [0.15, 0.2) is 0 Å². The zero-order valence-electron chi connectivity index (χ0n) is 9.54. The number of nitrogens with two attached hydrogens (primary N) is 1. The number of carbonyl (C=O) groups is 1. The predicted octanol–water partition coefficient (Wildman–Crippen LogP) is 1.28. The number of rotatable bonds is 4. The number of hydrogen-bond donors (Lipinski definition) is 2. The van der Waals surface area contributed by atoms with Gasteiger partial charge in [0.15, 0.2) is 0 Å². The van der Waals surface area contributed by atoms with Crippen molar-refractivity contribution in [2.24, 2.45) is 23.5 Å². The van der Waals surface area contributed by atoms with Crippen molar-refractivity contribution in [2.75, 3.05) is 6.54 Å². The van der Waals surface area contributed by atoms with Crippen LogP contribution in [0.1, 0.15) is 39.0 Å². The summed E-state index contributed by atoms with van der Waals surface area (Å²) in [5, 5.41) is 3.09. The van der Waals surface area contributed by atoms with E-state index in [1.807, 2.05) is 0 Å². The number of amides is 1. The van der Waals surface area contributed by atoms with Gasteiger partial charge in [0.1, 0.15) is 0 Å². The Balaban J connectivity index is 1.81. The highest BCUT2D eigenvalue weighted by molar-refractivity contribution is 5.76. The van der Waals surface area contributed by atoms with Gasteiger partial charge in [0.2, 0.25) is 5.91 Å². The van der Waals surface area contributed by atoms with Crippen LogP contribution in [-0.4, -0.2) is 18.5 Å². The zero-order valence-corrected chi connectivity index (χ0v) is 9.54. The fourth-order valence-electron chi connectivity index (χ4n) is 3.47. The fourth-order valence-corrected chi connectivity index (χ4v) is 3.47. The van der Waals surface area contributed by atoms with Gasteiger partial charge in [0, 0.05) is 19.0 Å². The van der Waals surface area contributed by atoms with Gasteiger partial charge >= 0.3 is 0 Å². The lowest BCUT2D eigenvalue weighted by Crippen LogP contribution is -2.40. The highest BCUT2D eigenvalue weighted by Gasteiger charge is 2.41. The van der Waals surface area contributed by atoms with E-state index in [4.69, 9.17) is 5.73 Å². The summed E-state index contributed by atoms with van der Waals surface area (Å²) in [6.45, 7) is 2.61. The van der Waals surface area contributed by atoms with Crippen LogP contribution in [0.25, 0.3) is 0 Å². The van der Waals surface area contributed by atoms with Gasteiger partial charge in [-0.3, -0.25) is 4.79 Å². The normalized spacial score (nSPS) is 35.5. The van der Waals surface area contributed by atoms with Crippen molar-refractivity contribution in [1.82, 2.24) is 5.32 Å². The van der Waals surface area contributed by atoms with E-state index in [0.717, 1.165) is 17.8 Å². The Morgan fingerprint density at radius 3 is 2.80 bits per heavy atom. The highest BCUT2D eigenvalue weighted by Crippen LogP contribution is 2.49. The van der Waals surface area contributed by atoms with Crippen LogP contribution in [0.3, 0.4) is 0 Å². The number of carbonyl (C=O) groups excluding carboxylic acids is 1. The van der Waals surface area contributed by atoms with Crippen molar-refractivity contribution < 1.29 is 4.79 Å². The molecule has 86 valence electrons. The van der Waals surface area contributed by atoms with Gasteiger partial charge in [-0.05, 0) is 43.9 Å². The first-order chi connectivity index (χ1) is 7.20. The van der Waals surface area contributed by atoms with Gasteiger partial charge in [-0.15, -0.1) is 0 Å². The minimum Gasteiger partial charge on any atom is -0.353 e. The molecular formula is C12H22N2O. The SMILES string of the molecule is CC(NC(=O)CCN)C1CC2CCC1C2. The summed E-state index contributed by atoms with van der Waals surface area (Å²) in [7, 11) is 0. The predicted molar refractivity (Wildman–Crippen MR) is 60.2 cm³/mol. The Morgan fingerprint density at radius 2 is 2.27 bits per heavy atom. The molecule has 2 aliphatic rings. The lowest BCUT2D eigenvalue weighted by molar-refractivity contribution is -0.121. The van der Waals surface area contributed by atoms with Crippen molar-refractivity contribution >= 4 is 5.91 Å². The van der Waals surface area contributed by atoms with Crippen molar-refractivity contribution in [3.63, 3.8) is 0 Å². The minimum atomic E-state index is 0.118.